The molecule has 1 aromatic heterocycles. The fourth-order valence-electron chi connectivity index (χ4n) is 4.10. The van der Waals surface area contributed by atoms with Gasteiger partial charge in [-0.1, -0.05) is 6.07 Å². The number of carbonyl (C=O) groups is 2. The van der Waals surface area contributed by atoms with E-state index in [0.29, 0.717) is 12.2 Å². The number of hydrogen-bond donors (Lipinski definition) is 2. The van der Waals surface area contributed by atoms with Crippen molar-refractivity contribution < 1.29 is 19.1 Å². The molecule has 0 bridgehead atoms. The Bertz CT molecular complexity index is 994. The molecule has 2 aromatic rings. The molecule has 3 N–H and O–H groups in total. The van der Waals surface area contributed by atoms with Crippen molar-refractivity contribution in [3.05, 3.63) is 30.0 Å². The number of ether oxygens (including phenoxy) is 2. The lowest BCUT2D eigenvalue weighted by molar-refractivity contribution is -0.123. The Morgan fingerprint density at radius 3 is 2.55 bits per heavy atom. The van der Waals surface area contributed by atoms with Crippen LogP contribution in [0.5, 0.6) is 5.75 Å². The maximum absolute atomic E-state index is 12.5. The van der Waals surface area contributed by atoms with E-state index in [1.165, 1.54) is 4.90 Å². The van der Waals surface area contributed by atoms with Gasteiger partial charge in [-0.25, -0.2) is 4.79 Å². The second kappa shape index (κ2) is 10.3. The van der Waals surface area contributed by atoms with Gasteiger partial charge in [0.05, 0.1) is 17.0 Å². The van der Waals surface area contributed by atoms with Crippen molar-refractivity contribution in [1.29, 1.82) is 0 Å². The van der Waals surface area contributed by atoms with Crippen molar-refractivity contribution in [3.63, 3.8) is 0 Å². The molecule has 1 saturated carbocycles. The molecule has 0 atom stereocenters. The van der Waals surface area contributed by atoms with Crippen molar-refractivity contribution >= 4 is 28.6 Å². The van der Waals surface area contributed by atoms with Gasteiger partial charge in [0.25, 0.3) is 0 Å². The fraction of sp³-hybridized carbons (Fsp3) is 0.560. The van der Waals surface area contributed by atoms with Gasteiger partial charge >= 0.3 is 6.09 Å². The van der Waals surface area contributed by atoms with Gasteiger partial charge < -0.3 is 20.5 Å². The van der Waals surface area contributed by atoms with Crippen LogP contribution in [0.3, 0.4) is 0 Å². The van der Waals surface area contributed by atoms with Crippen molar-refractivity contribution in [1.82, 2.24) is 15.2 Å². The highest BCUT2D eigenvalue weighted by Gasteiger charge is 2.27. The first kappa shape index (κ1) is 24.6. The van der Waals surface area contributed by atoms with E-state index in [2.05, 4.69) is 10.3 Å². The van der Waals surface area contributed by atoms with Gasteiger partial charge in [0.2, 0.25) is 5.91 Å². The molecule has 1 aliphatic carbocycles. The van der Waals surface area contributed by atoms with Crippen LogP contribution in [-0.4, -0.2) is 52.7 Å². The monoisotopic (exact) mass is 456 g/mol. The number of aromatic nitrogens is 1. The van der Waals surface area contributed by atoms with E-state index >= 15 is 0 Å². The molecule has 1 aliphatic rings. The summed E-state index contributed by atoms with van der Waals surface area (Å²) in [7, 11) is 0. The quantitative estimate of drug-likeness (QED) is 0.675. The first-order valence-corrected chi connectivity index (χ1v) is 11.7. The molecule has 0 aliphatic heterocycles. The normalized spacial score (nSPS) is 18.6. The number of nitrogens with zero attached hydrogens (tertiary/aromatic N) is 2. The molecular weight excluding hydrogens is 420 g/mol. The number of pyridine rings is 1. The molecule has 0 spiro atoms. The first-order chi connectivity index (χ1) is 15.6. The summed E-state index contributed by atoms with van der Waals surface area (Å²) in [4.78, 5) is 30.8. The second-order valence-corrected chi connectivity index (χ2v) is 9.66. The number of anilines is 1. The number of nitrogens with two attached hydrogens (primary N) is 1. The number of hydrogen-bond acceptors (Lipinski definition) is 6. The van der Waals surface area contributed by atoms with Crippen LogP contribution in [0, 0.1) is 6.92 Å². The van der Waals surface area contributed by atoms with E-state index in [9.17, 15) is 9.59 Å². The van der Waals surface area contributed by atoms with E-state index in [4.69, 9.17) is 15.2 Å². The SMILES string of the molecule is CCN(CC(=O)NC1CCC(Oc2cccc3nc(C)cc(N)c23)CC1)C(=O)OC(C)(C)C. The Balaban J connectivity index is 1.52. The van der Waals surface area contributed by atoms with Crippen LogP contribution in [0.4, 0.5) is 10.5 Å². The molecule has 1 fully saturated rings. The number of benzene rings is 1. The van der Waals surface area contributed by atoms with Crippen LogP contribution in [0.15, 0.2) is 24.3 Å². The summed E-state index contributed by atoms with van der Waals surface area (Å²) in [5.74, 6) is 0.580. The Morgan fingerprint density at radius 2 is 1.91 bits per heavy atom. The lowest BCUT2D eigenvalue weighted by Crippen LogP contribution is -2.46. The van der Waals surface area contributed by atoms with Crippen LogP contribution in [0.2, 0.25) is 0 Å². The number of rotatable bonds is 6. The zero-order chi connectivity index (χ0) is 24.2. The zero-order valence-electron chi connectivity index (χ0n) is 20.3. The van der Waals surface area contributed by atoms with Crippen LogP contribution in [0.25, 0.3) is 10.9 Å². The van der Waals surface area contributed by atoms with Crippen LogP contribution in [-0.2, 0) is 9.53 Å². The highest BCUT2D eigenvalue weighted by Crippen LogP contribution is 2.33. The third-order valence-corrected chi connectivity index (χ3v) is 5.65. The minimum atomic E-state index is -0.594. The van der Waals surface area contributed by atoms with Gasteiger partial charge in [0.15, 0.2) is 0 Å². The minimum Gasteiger partial charge on any atom is -0.490 e. The predicted octanol–water partition coefficient (Wildman–Crippen LogP) is 4.19. The number of nitrogens with one attached hydrogen (secondary N) is 1. The van der Waals surface area contributed by atoms with Crippen LogP contribution < -0.4 is 15.8 Å². The summed E-state index contributed by atoms with van der Waals surface area (Å²) in [5, 5.41) is 3.90. The molecule has 1 heterocycles. The third-order valence-electron chi connectivity index (χ3n) is 5.65. The van der Waals surface area contributed by atoms with Crippen molar-refractivity contribution in [3.8, 4) is 5.75 Å². The molecule has 8 nitrogen and oxygen atoms in total. The topological polar surface area (TPSA) is 107 Å². The number of amides is 2. The Kier molecular flexibility index (Phi) is 7.66. The van der Waals surface area contributed by atoms with Crippen LogP contribution >= 0.6 is 0 Å². The second-order valence-electron chi connectivity index (χ2n) is 9.66. The van der Waals surface area contributed by atoms with Crippen molar-refractivity contribution in [2.24, 2.45) is 0 Å². The lowest BCUT2D eigenvalue weighted by atomic mass is 9.93. The molecule has 180 valence electrons. The molecule has 0 saturated heterocycles. The molecular formula is C25H36N4O4. The summed E-state index contributed by atoms with van der Waals surface area (Å²) < 4.78 is 11.7. The molecule has 0 radical (unpaired) electrons. The molecule has 2 amide bonds. The first-order valence-electron chi connectivity index (χ1n) is 11.7. The van der Waals surface area contributed by atoms with Crippen molar-refractivity contribution in [2.45, 2.75) is 78.0 Å². The number of carbonyl (C=O) groups excluding carboxylic acids is 2. The maximum Gasteiger partial charge on any atom is 0.410 e. The van der Waals surface area contributed by atoms with Crippen molar-refractivity contribution in [2.75, 3.05) is 18.8 Å². The molecule has 3 rings (SSSR count). The Morgan fingerprint density at radius 1 is 1.21 bits per heavy atom. The van der Waals surface area contributed by atoms with Gasteiger partial charge in [0, 0.05) is 24.0 Å². The smallest absolute Gasteiger partial charge is 0.410 e. The zero-order valence-corrected chi connectivity index (χ0v) is 20.3. The average Bonchev–Trinajstić information content (AvgIpc) is 2.71. The standard InChI is InChI=1S/C25H36N4O4/c1-6-29(24(31)33-25(3,4)5)15-22(30)28-17-10-12-18(13-11-17)32-21-9-7-8-20-23(21)19(26)14-16(2)27-20/h7-9,14,17-18H,6,10-13,15H2,1-5H3,(H2,26,27)(H,28,30). The largest absolute Gasteiger partial charge is 0.490 e. The number of fused-ring (bicyclic) bond motifs is 1. The van der Waals surface area contributed by atoms with Gasteiger partial charge in [-0.2, -0.15) is 0 Å². The van der Waals surface area contributed by atoms with Gasteiger partial charge in [0.1, 0.15) is 17.9 Å². The fourth-order valence-corrected chi connectivity index (χ4v) is 4.10. The van der Waals surface area contributed by atoms with E-state index in [1.807, 2.05) is 58.9 Å². The molecule has 1 aromatic carbocycles. The van der Waals surface area contributed by atoms with E-state index in [-0.39, 0.29) is 24.6 Å². The highest BCUT2D eigenvalue weighted by molar-refractivity contribution is 5.95. The molecule has 8 heteroatoms. The van der Waals surface area contributed by atoms with Gasteiger partial charge in [-0.05, 0) is 78.5 Å². The predicted molar refractivity (Wildman–Crippen MR) is 129 cm³/mol. The number of aryl methyl sites for hydroxylation is 1. The summed E-state index contributed by atoms with van der Waals surface area (Å²) in [6, 6.07) is 7.73. The van der Waals surface area contributed by atoms with E-state index < -0.39 is 11.7 Å². The van der Waals surface area contributed by atoms with E-state index in [1.54, 1.807) is 0 Å². The summed E-state index contributed by atoms with van der Waals surface area (Å²) in [5.41, 5.74) is 8.02. The summed E-state index contributed by atoms with van der Waals surface area (Å²) in [6.07, 6.45) is 2.85. The molecule has 33 heavy (non-hydrogen) atoms. The Labute approximate surface area is 195 Å². The average molecular weight is 457 g/mol. The van der Waals surface area contributed by atoms with Gasteiger partial charge in [-0.3, -0.25) is 14.7 Å². The minimum absolute atomic E-state index is 0.0104. The lowest BCUT2D eigenvalue weighted by Gasteiger charge is -2.31. The van der Waals surface area contributed by atoms with E-state index in [0.717, 1.165) is 48.0 Å². The Hall–Kier alpha value is -3.03. The maximum atomic E-state index is 12.5. The molecule has 0 unspecified atom stereocenters. The van der Waals surface area contributed by atoms with Gasteiger partial charge in [-0.15, -0.1) is 0 Å². The summed E-state index contributed by atoms with van der Waals surface area (Å²) >= 11 is 0. The third kappa shape index (κ3) is 6.73. The number of nitrogen functional groups attached to an aromatic ring is 1. The van der Waals surface area contributed by atoms with Crippen LogP contribution in [0.1, 0.15) is 59.1 Å². The highest BCUT2D eigenvalue weighted by atomic mass is 16.6. The number of likely N-dealkylation sites (N-methyl/N-ethyl adjacent to an activating group) is 1. The summed E-state index contributed by atoms with van der Waals surface area (Å²) in [6.45, 7) is 9.58.